The van der Waals surface area contributed by atoms with E-state index in [2.05, 4.69) is 20.6 Å². The molecule has 0 saturated heterocycles. The number of nitrogens with zero attached hydrogens (tertiary/aromatic N) is 2. The SMILES string of the molecule is CCNC(=NCc1ccc2c(c1)OCO2)NCc1nc(C(F)(F)F)cs1. The molecule has 26 heavy (non-hydrogen) atoms. The Morgan fingerprint density at radius 1 is 1.27 bits per heavy atom. The predicted molar refractivity (Wildman–Crippen MR) is 91.3 cm³/mol. The number of rotatable bonds is 5. The molecule has 2 aromatic rings. The third-order valence-corrected chi connectivity index (χ3v) is 4.30. The minimum Gasteiger partial charge on any atom is -0.454 e. The highest BCUT2D eigenvalue weighted by Gasteiger charge is 2.33. The zero-order valence-electron chi connectivity index (χ0n) is 13.9. The lowest BCUT2D eigenvalue weighted by Gasteiger charge is -2.10. The molecule has 0 bridgehead atoms. The Labute approximate surface area is 152 Å². The van der Waals surface area contributed by atoms with Gasteiger partial charge < -0.3 is 20.1 Å². The van der Waals surface area contributed by atoms with Crippen LogP contribution in [0.5, 0.6) is 11.5 Å². The maximum atomic E-state index is 12.6. The highest BCUT2D eigenvalue weighted by Crippen LogP contribution is 2.32. The van der Waals surface area contributed by atoms with Crippen molar-refractivity contribution in [2.75, 3.05) is 13.3 Å². The summed E-state index contributed by atoms with van der Waals surface area (Å²) in [6, 6.07) is 5.56. The third kappa shape index (κ3) is 4.57. The first-order valence-corrected chi connectivity index (χ1v) is 8.76. The van der Waals surface area contributed by atoms with E-state index in [1.54, 1.807) is 0 Å². The number of aliphatic imine (C=N–C) groups is 1. The molecule has 0 fully saturated rings. The standard InChI is InChI=1S/C16H17F3N4O2S/c1-2-20-15(22-7-14-23-13(8-26-14)16(17,18)19)21-6-10-3-4-11-12(5-10)25-9-24-11/h3-5,8H,2,6-7,9H2,1H3,(H2,20,21,22). The number of hydrogen-bond donors (Lipinski definition) is 2. The van der Waals surface area contributed by atoms with Crippen LogP contribution < -0.4 is 20.1 Å². The van der Waals surface area contributed by atoms with Crippen LogP contribution in [-0.4, -0.2) is 24.3 Å². The Kier molecular flexibility index (Phi) is 5.50. The molecule has 0 spiro atoms. The molecule has 0 amide bonds. The molecule has 2 N–H and O–H groups in total. The number of halogens is 3. The first-order chi connectivity index (χ1) is 12.5. The lowest BCUT2D eigenvalue weighted by molar-refractivity contribution is -0.140. The first kappa shape index (κ1) is 18.3. The fourth-order valence-corrected chi connectivity index (χ4v) is 2.97. The number of guanidine groups is 1. The van der Waals surface area contributed by atoms with E-state index in [0.717, 1.165) is 22.3 Å². The van der Waals surface area contributed by atoms with Crippen LogP contribution >= 0.6 is 11.3 Å². The van der Waals surface area contributed by atoms with Crippen LogP contribution in [0, 0.1) is 0 Å². The van der Waals surface area contributed by atoms with Crippen molar-refractivity contribution in [3.63, 3.8) is 0 Å². The molecular weight excluding hydrogens is 369 g/mol. The number of thiazole rings is 1. The van der Waals surface area contributed by atoms with Crippen LogP contribution in [0.15, 0.2) is 28.6 Å². The summed E-state index contributed by atoms with van der Waals surface area (Å²) in [7, 11) is 0. The molecule has 0 unspecified atom stereocenters. The second-order valence-electron chi connectivity index (χ2n) is 5.36. The molecule has 140 valence electrons. The lowest BCUT2D eigenvalue weighted by atomic mass is 10.2. The average molecular weight is 386 g/mol. The van der Waals surface area contributed by atoms with Gasteiger partial charge in [0.25, 0.3) is 0 Å². The normalized spacial score (nSPS) is 13.8. The summed E-state index contributed by atoms with van der Waals surface area (Å²) in [5, 5.41) is 7.38. The molecule has 1 aromatic carbocycles. The van der Waals surface area contributed by atoms with Crippen LogP contribution in [0.3, 0.4) is 0 Å². The zero-order valence-corrected chi connectivity index (χ0v) is 14.7. The summed E-state index contributed by atoms with van der Waals surface area (Å²) in [5.74, 6) is 1.87. The minimum atomic E-state index is -4.42. The van der Waals surface area contributed by atoms with Gasteiger partial charge in [-0.2, -0.15) is 13.2 Å². The van der Waals surface area contributed by atoms with Gasteiger partial charge in [0.1, 0.15) is 5.01 Å². The number of hydrogen-bond acceptors (Lipinski definition) is 5. The van der Waals surface area contributed by atoms with Crippen molar-refractivity contribution in [1.82, 2.24) is 15.6 Å². The van der Waals surface area contributed by atoms with E-state index in [9.17, 15) is 13.2 Å². The summed E-state index contributed by atoms with van der Waals surface area (Å²) in [6.07, 6.45) is -4.42. The van der Waals surface area contributed by atoms with Crippen LogP contribution in [0.25, 0.3) is 0 Å². The Morgan fingerprint density at radius 3 is 2.81 bits per heavy atom. The topological polar surface area (TPSA) is 67.8 Å². The second-order valence-corrected chi connectivity index (χ2v) is 6.30. The maximum absolute atomic E-state index is 12.6. The van der Waals surface area contributed by atoms with E-state index in [-0.39, 0.29) is 13.3 Å². The predicted octanol–water partition coefficient (Wildman–Crippen LogP) is 3.15. The van der Waals surface area contributed by atoms with Gasteiger partial charge in [0.15, 0.2) is 23.2 Å². The van der Waals surface area contributed by atoms with Crippen LogP contribution in [-0.2, 0) is 19.3 Å². The summed E-state index contributed by atoms with van der Waals surface area (Å²) < 4.78 is 48.4. The summed E-state index contributed by atoms with van der Waals surface area (Å²) in [5.41, 5.74) is 0.0571. The molecule has 3 rings (SSSR count). The van der Waals surface area contributed by atoms with E-state index >= 15 is 0 Å². The number of alkyl halides is 3. The van der Waals surface area contributed by atoms with Crippen molar-refractivity contribution in [3.05, 3.63) is 39.8 Å². The Hall–Kier alpha value is -2.49. The Morgan fingerprint density at radius 2 is 2.08 bits per heavy atom. The molecule has 0 saturated carbocycles. The van der Waals surface area contributed by atoms with Crippen LogP contribution in [0.1, 0.15) is 23.2 Å². The van der Waals surface area contributed by atoms with Gasteiger partial charge in [-0.05, 0) is 24.6 Å². The van der Waals surface area contributed by atoms with Crippen molar-refractivity contribution < 1.29 is 22.6 Å². The Balaban J connectivity index is 1.61. The van der Waals surface area contributed by atoms with Gasteiger partial charge in [0.05, 0.1) is 13.1 Å². The molecule has 2 heterocycles. The van der Waals surface area contributed by atoms with E-state index < -0.39 is 11.9 Å². The van der Waals surface area contributed by atoms with Crippen molar-refractivity contribution >= 4 is 17.3 Å². The quantitative estimate of drug-likeness (QED) is 0.610. The van der Waals surface area contributed by atoms with Gasteiger partial charge in [-0.15, -0.1) is 11.3 Å². The molecule has 1 aliphatic heterocycles. The molecule has 0 radical (unpaired) electrons. The van der Waals surface area contributed by atoms with Gasteiger partial charge in [-0.3, -0.25) is 0 Å². The largest absolute Gasteiger partial charge is 0.454 e. The first-order valence-electron chi connectivity index (χ1n) is 7.88. The number of nitrogens with one attached hydrogen (secondary N) is 2. The third-order valence-electron chi connectivity index (χ3n) is 3.45. The van der Waals surface area contributed by atoms with Gasteiger partial charge in [0.2, 0.25) is 6.79 Å². The smallest absolute Gasteiger partial charge is 0.434 e. The lowest BCUT2D eigenvalue weighted by Crippen LogP contribution is -2.36. The molecule has 6 nitrogen and oxygen atoms in total. The molecule has 0 atom stereocenters. The van der Waals surface area contributed by atoms with Crippen LogP contribution in [0.2, 0.25) is 0 Å². The summed E-state index contributed by atoms with van der Waals surface area (Å²) in [4.78, 5) is 8.02. The highest BCUT2D eigenvalue weighted by molar-refractivity contribution is 7.09. The number of aromatic nitrogens is 1. The van der Waals surface area contributed by atoms with Crippen molar-refractivity contribution in [2.24, 2.45) is 4.99 Å². The van der Waals surface area contributed by atoms with E-state index in [0.29, 0.717) is 35.6 Å². The van der Waals surface area contributed by atoms with Crippen molar-refractivity contribution in [1.29, 1.82) is 0 Å². The maximum Gasteiger partial charge on any atom is 0.434 e. The second kappa shape index (κ2) is 7.81. The molecule has 0 aliphatic carbocycles. The van der Waals surface area contributed by atoms with Gasteiger partial charge >= 0.3 is 6.18 Å². The number of ether oxygens (including phenoxy) is 2. The summed E-state index contributed by atoms with van der Waals surface area (Å²) >= 11 is 0.958. The van der Waals surface area contributed by atoms with Gasteiger partial charge in [-0.25, -0.2) is 9.98 Å². The fourth-order valence-electron chi connectivity index (χ4n) is 2.23. The number of benzene rings is 1. The fraction of sp³-hybridized carbons (Fsp3) is 0.375. The van der Waals surface area contributed by atoms with E-state index in [4.69, 9.17) is 9.47 Å². The van der Waals surface area contributed by atoms with Gasteiger partial charge in [-0.1, -0.05) is 6.07 Å². The molecule has 1 aromatic heterocycles. The highest BCUT2D eigenvalue weighted by atomic mass is 32.1. The molecular formula is C16H17F3N4O2S. The van der Waals surface area contributed by atoms with Crippen LogP contribution in [0.4, 0.5) is 13.2 Å². The van der Waals surface area contributed by atoms with Crippen molar-refractivity contribution in [3.8, 4) is 11.5 Å². The molecule has 1 aliphatic rings. The average Bonchev–Trinajstić information content (AvgIpc) is 3.25. The minimum absolute atomic E-state index is 0.160. The molecule has 10 heteroatoms. The number of fused-ring (bicyclic) bond motifs is 1. The van der Waals surface area contributed by atoms with Crippen molar-refractivity contribution in [2.45, 2.75) is 26.2 Å². The zero-order chi connectivity index (χ0) is 18.6. The van der Waals surface area contributed by atoms with E-state index in [1.165, 1.54) is 0 Å². The van der Waals surface area contributed by atoms with E-state index in [1.807, 2.05) is 25.1 Å². The summed E-state index contributed by atoms with van der Waals surface area (Å²) in [6.45, 7) is 3.28. The Bertz CT molecular complexity index is 792. The van der Waals surface area contributed by atoms with Gasteiger partial charge in [0, 0.05) is 11.9 Å². The monoisotopic (exact) mass is 386 g/mol.